The third-order valence-electron chi connectivity index (χ3n) is 5.09. The van der Waals surface area contributed by atoms with Crippen LogP contribution in [0.25, 0.3) is 0 Å². The smallest absolute Gasteiger partial charge is 0.268 e. The van der Waals surface area contributed by atoms with Crippen molar-refractivity contribution in [1.82, 2.24) is 0 Å². The van der Waals surface area contributed by atoms with Gasteiger partial charge in [0.15, 0.2) is 0 Å². The van der Waals surface area contributed by atoms with E-state index in [4.69, 9.17) is 9.47 Å². The number of hydrogen-bond acceptors (Lipinski definition) is 5. The first-order valence-electron chi connectivity index (χ1n) is 9.63. The molecule has 2 aromatic carbocycles. The first-order valence-corrected chi connectivity index (χ1v) is 10.5. The summed E-state index contributed by atoms with van der Waals surface area (Å²) in [5.41, 5.74) is 2.94. The Balaban J connectivity index is 1.60. The van der Waals surface area contributed by atoms with Crippen molar-refractivity contribution in [2.45, 2.75) is 12.8 Å². The number of aryl methyl sites for hydroxylation is 1. The number of nitrogens with zero attached hydrogens (tertiary/aromatic N) is 1. The highest BCUT2D eigenvalue weighted by molar-refractivity contribution is 7.12. The second-order valence-electron chi connectivity index (χ2n) is 6.87. The molecule has 3 aromatic rings. The molecule has 0 fully saturated rings. The van der Waals surface area contributed by atoms with Crippen molar-refractivity contribution in [3.8, 4) is 11.5 Å². The van der Waals surface area contributed by atoms with Crippen LogP contribution in [-0.4, -0.2) is 32.6 Å². The lowest BCUT2D eigenvalue weighted by Gasteiger charge is -2.29. The van der Waals surface area contributed by atoms with Gasteiger partial charge in [-0.2, -0.15) is 0 Å². The lowest BCUT2D eigenvalue weighted by Crippen LogP contribution is -2.35. The standard InChI is InChI=1S/C23H22N2O4S/c1-28-18-7-3-8-19(29-2)21(18)22(26)24-16-10-11-17-15(14-16)6-4-12-25(17)23(27)20-9-5-13-30-20/h3,5,7-11,13-14H,4,6,12H2,1-2H3,(H,24,26). The number of methoxy groups -OCH3 is 2. The van der Waals surface area contributed by atoms with Gasteiger partial charge in [-0.3, -0.25) is 9.59 Å². The lowest BCUT2D eigenvalue weighted by molar-refractivity contribution is 0.0986. The molecule has 154 valence electrons. The molecule has 0 atom stereocenters. The summed E-state index contributed by atoms with van der Waals surface area (Å²) in [7, 11) is 3.04. The summed E-state index contributed by atoms with van der Waals surface area (Å²) in [6, 6.07) is 14.6. The van der Waals surface area contributed by atoms with Crippen molar-refractivity contribution in [1.29, 1.82) is 0 Å². The van der Waals surface area contributed by atoms with E-state index < -0.39 is 0 Å². The Hall–Kier alpha value is -3.32. The number of amides is 2. The molecule has 6 nitrogen and oxygen atoms in total. The summed E-state index contributed by atoms with van der Waals surface area (Å²) in [5.74, 6) is 0.586. The highest BCUT2D eigenvalue weighted by Gasteiger charge is 2.25. The van der Waals surface area contributed by atoms with Gasteiger partial charge in [-0.15, -0.1) is 11.3 Å². The molecule has 0 radical (unpaired) electrons. The van der Waals surface area contributed by atoms with Crippen LogP contribution < -0.4 is 19.7 Å². The highest BCUT2D eigenvalue weighted by Crippen LogP contribution is 2.33. The number of ether oxygens (including phenoxy) is 2. The van der Waals surface area contributed by atoms with Gasteiger partial charge in [0.25, 0.3) is 11.8 Å². The molecule has 2 amide bonds. The molecule has 1 aliphatic rings. The van der Waals surface area contributed by atoms with E-state index >= 15 is 0 Å². The van der Waals surface area contributed by atoms with Crippen molar-refractivity contribution < 1.29 is 19.1 Å². The predicted molar refractivity (Wildman–Crippen MR) is 118 cm³/mol. The molecule has 0 saturated heterocycles. The molecule has 4 rings (SSSR count). The van der Waals surface area contributed by atoms with E-state index in [2.05, 4.69) is 5.32 Å². The lowest BCUT2D eigenvalue weighted by atomic mass is 10.0. The molecular weight excluding hydrogens is 400 g/mol. The molecule has 0 aliphatic carbocycles. The number of fused-ring (bicyclic) bond motifs is 1. The minimum Gasteiger partial charge on any atom is -0.496 e. The van der Waals surface area contributed by atoms with Gasteiger partial charge in [0.2, 0.25) is 0 Å². The van der Waals surface area contributed by atoms with Gasteiger partial charge in [0.1, 0.15) is 17.1 Å². The van der Waals surface area contributed by atoms with Crippen LogP contribution in [0.2, 0.25) is 0 Å². The Morgan fingerprint density at radius 1 is 1.03 bits per heavy atom. The monoisotopic (exact) mass is 422 g/mol. The predicted octanol–water partition coefficient (Wildman–Crippen LogP) is 4.61. The fraction of sp³-hybridized carbons (Fsp3) is 0.217. The molecule has 0 bridgehead atoms. The van der Waals surface area contributed by atoms with Gasteiger partial charge >= 0.3 is 0 Å². The van der Waals surface area contributed by atoms with Gasteiger partial charge < -0.3 is 19.7 Å². The van der Waals surface area contributed by atoms with Crippen molar-refractivity contribution in [2.75, 3.05) is 31.0 Å². The molecule has 30 heavy (non-hydrogen) atoms. The van der Waals surface area contributed by atoms with Crippen molar-refractivity contribution in [3.05, 3.63) is 69.9 Å². The van der Waals surface area contributed by atoms with Gasteiger partial charge in [-0.1, -0.05) is 12.1 Å². The van der Waals surface area contributed by atoms with Crippen molar-refractivity contribution >= 4 is 34.5 Å². The number of thiophene rings is 1. The third kappa shape index (κ3) is 3.76. The van der Waals surface area contributed by atoms with Gasteiger partial charge in [-0.05, 0) is 60.2 Å². The van der Waals surface area contributed by atoms with Gasteiger partial charge in [0.05, 0.1) is 19.1 Å². The van der Waals surface area contributed by atoms with E-state index in [9.17, 15) is 9.59 Å². The quantitative estimate of drug-likeness (QED) is 0.652. The second-order valence-corrected chi connectivity index (χ2v) is 7.82. The van der Waals surface area contributed by atoms with E-state index in [0.717, 1.165) is 29.0 Å². The van der Waals surface area contributed by atoms with Crippen LogP contribution in [0.5, 0.6) is 11.5 Å². The number of anilines is 2. The number of hydrogen-bond donors (Lipinski definition) is 1. The highest BCUT2D eigenvalue weighted by atomic mass is 32.1. The first kappa shape index (κ1) is 20.0. The maximum atomic E-state index is 12.9. The minimum atomic E-state index is -0.313. The Labute approximate surface area is 179 Å². The summed E-state index contributed by atoms with van der Waals surface area (Å²) in [6.07, 6.45) is 1.73. The van der Waals surface area contributed by atoms with Crippen LogP contribution in [-0.2, 0) is 6.42 Å². The number of benzene rings is 2. The third-order valence-corrected chi connectivity index (χ3v) is 5.95. The molecule has 0 spiro atoms. The topological polar surface area (TPSA) is 67.9 Å². The Morgan fingerprint density at radius 2 is 1.80 bits per heavy atom. The molecule has 2 heterocycles. The van der Waals surface area contributed by atoms with Crippen LogP contribution >= 0.6 is 11.3 Å². The van der Waals surface area contributed by atoms with E-state index in [1.165, 1.54) is 25.6 Å². The largest absolute Gasteiger partial charge is 0.496 e. The van der Waals surface area contributed by atoms with E-state index in [-0.39, 0.29) is 11.8 Å². The normalized spacial score (nSPS) is 12.8. The molecule has 0 unspecified atom stereocenters. The second kappa shape index (κ2) is 8.59. The summed E-state index contributed by atoms with van der Waals surface area (Å²) >= 11 is 1.44. The van der Waals surface area contributed by atoms with E-state index in [1.807, 2.05) is 40.6 Å². The van der Waals surface area contributed by atoms with Crippen LogP contribution in [0.3, 0.4) is 0 Å². The zero-order valence-electron chi connectivity index (χ0n) is 16.8. The number of nitrogens with one attached hydrogen (secondary N) is 1. The fourth-order valence-electron chi connectivity index (χ4n) is 3.69. The summed E-state index contributed by atoms with van der Waals surface area (Å²) in [5, 5.41) is 4.83. The van der Waals surface area contributed by atoms with E-state index in [1.54, 1.807) is 18.2 Å². The zero-order valence-corrected chi connectivity index (χ0v) is 17.6. The number of rotatable bonds is 5. The number of carbonyl (C=O) groups excluding carboxylic acids is 2. The van der Waals surface area contributed by atoms with Crippen LogP contribution in [0, 0.1) is 0 Å². The van der Waals surface area contributed by atoms with Crippen molar-refractivity contribution in [3.63, 3.8) is 0 Å². The first-order chi connectivity index (χ1) is 14.6. The molecule has 0 saturated carbocycles. The molecule has 1 aliphatic heterocycles. The van der Waals surface area contributed by atoms with Crippen LogP contribution in [0.1, 0.15) is 32.0 Å². The molecule has 1 N–H and O–H groups in total. The Kier molecular flexibility index (Phi) is 5.72. The maximum absolute atomic E-state index is 12.9. The average Bonchev–Trinajstić information content (AvgIpc) is 3.32. The molecule has 7 heteroatoms. The minimum absolute atomic E-state index is 0.0153. The molecule has 1 aromatic heterocycles. The Bertz CT molecular complexity index is 1060. The van der Waals surface area contributed by atoms with Gasteiger partial charge in [0, 0.05) is 17.9 Å². The van der Waals surface area contributed by atoms with Crippen molar-refractivity contribution in [2.24, 2.45) is 0 Å². The van der Waals surface area contributed by atoms with Gasteiger partial charge in [-0.25, -0.2) is 0 Å². The summed E-state index contributed by atoms with van der Waals surface area (Å²) in [6.45, 7) is 0.688. The SMILES string of the molecule is COc1cccc(OC)c1C(=O)Nc1ccc2c(c1)CCCN2C(=O)c1cccs1. The number of carbonyl (C=O) groups is 2. The fourth-order valence-corrected chi connectivity index (χ4v) is 4.36. The summed E-state index contributed by atoms with van der Waals surface area (Å²) in [4.78, 5) is 28.3. The molecular formula is C23H22N2O4S. The van der Waals surface area contributed by atoms with Crippen LogP contribution in [0.15, 0.2) is 53.9 Å². The zero-order chi connectivity index (χ0) is 21.1. The average molecular weight is 423 g/mol. The maximum Gasteiger partial charge on any atom is 0.268 e. The summed E-state index contributed by atoms with van der Waals surface area (Å²) < 4.78 is 10.7. The van der Waals surface area contributed by atoms with Crippen LogP contribution in [0.4, 0.5) is 11.4 Å². The Morgan fingerprint density at radius 3 is 2.47 bits per heavy atom. The van der Waals surface area contributed by atoms with E-state index in [0.29, 0.717) is 29.3 Å².